The van der Waals surface area contributed by atoms with Gasteiger partial charge in [0.25, 0.3) is 0 Å². The first-order chi connectivity index (χ1) is 9.65. The lowest BCUT2D eigenvalue weighted by Gasteiger charge is -2.09. The lowest BCUT2D eigenvalue weighted by molar-refractivity contribution is -0.121. The second-order valence-corrected chi connectivity index (χ2v) is 4.98. The molecule has 1 aromatic carbocycles. The van der Waals surface area contributed by atoms with Gasteiger partial charge in [0.1, 0.15) is 0 Å². The fourth-order valence-corrected chi connectivity index (χ4v) is 1.96. The Morgan fingerprint density at radius 1 is 1.40 bits per heavy atom. The summed E-state index contributed by atoms with van der Waals surface area (Å²) >= 11 is 5.82. The van der Waals surface area contributed by atoms with Crippen molar-refractivity contribution >= 4 is 17.5 Å². The Bertz CT molecular complexity index is 540. The van der Waals surface area contributed by atoms with Crippen LogP contribution in [0.25, 0.3) is 0 Å². The molecule has 0 aliphatic heterocycles. The molecule has 2 N–H and O–H groups in total. The molecule has 0 bridgehead atoms. The largest absolute Gasteiger partial charge is 0.346 e. The van der Waals surface area contributed by atoms with Gasteiger partial charge in [-0.05, 0) is 37.5 Å². The van der Waals surface area contributed by atoms with Gasteiger partial charge >= 0.3 is 0 Å². The molecule has 0 radical (unpaired) electrons. The van der Waals surface area contributed by atoms with Crippen LogP contribution in [-0.4, -0.2) is 26.5 Å². The van der Waals surface area contributed by atoms with Crippen molar-refractivity contribution in [2.24, 2.45) is 0 Å². The molecule has 6 nitrogen and oxygen atoms in total. The quantitative estimate of drug-likeness (QED) is 0.854. The normalized spacial score (nSPS) is 12.1. The van der Waals surface area contributed by atoms with Crippen LogP contribution in [0.15, 0.2) is 24.3 Å². The molecule has 0 aliphatic carbocycles. The van der Waals surface area contributed by atoms with E-state index in [2.05, 4.69) is 25.9 Å². The van der Waals surface area contributed by atoms with Crippen LogP contribution in [0.1, 0.15) is 37.2 Å². The standard InChI is InChI=1S/C13H16ClN5O/c1-9(13-16-18-19-17-13)15-12(20)4-2-3-10-5-7-11(14)8-6-10/h5-9H,2-4H2,1H3,(H,15,20)(H,16,17,18,19)/t9-/m1/s1. The van der Waals surface area contributed by atoms with Crippen molar-refractivity contribution in [2.45, 2.75) is 32.2 Å². The van der Waals surface area contributed by atoms with E-state index in [0.29, 0.717) is 12.2 Å². The van der Waals surface area contributed by atoms with E-state index in [1.807, 2.05) is 31.2 Å². The monoisotopic (exact) mass is 293 g/mol. The van der Waals surface area contributed by atoms with Gasteiger partial charge in [-0.1, -0.05) is 28.9 Å². The highest BCUT2D eigenvalue weighted by molar-refractivity contribution is 6.30. The summed E-state index contributed by atoms with van der Waals surface area (Å²) in [5.41, 5.74) is 1.17. The number of carbonyl (C=O) groups excluding carboxylic acids is 1. The van der Waals surface area contributed by atoms with Crippen LogP contribution >= 0.6 is 11.6 Å². The number of hydrogen-bond acceptors (Lipinski definition) is 4. The fourth-order valence-electron chi connectivity index (χ4n) is 1.84. The van der Waals surface area contributed by atoms with E-state index in [9.17, 15) is 4.79 Å². The first-order valence-electron chi connectivity index (χ1n) is 6.42. The molecule has 0 spiro atoms. The molecule has 0 unspecified atom stereocenters. The average Bonchev–Trinajstić information content (AvgIpc) is 2.95. The molecule has 0 fully saturated rings. The number of tetrazole rings is 1. The number of aryl methyl sites for hydroxylation is 1. The van der Waals surface area contributed by atoms with Gasteiger partial charge in [0.2, 0.25) is 5.91 Å². The van der Waals surface area contributed by atoms with Crippen LogP contribution in [-0.2, 0) is 11.2 Å². The number of nitrogens with zero attached hydrogens (tertiary/aromatic N) is 3. The van der Waals surface area contributed by atoms with E-state index in [-0.39, 0.29) is 11.9 Å². The molecule has 1 aromatic heterocycles. The van der Waals surface area contributed by atoms with Crippen LogP contribution in [0.5, 0.6) is 0 Å². The zero-order valence-corrected chi connectivity index (χ0v) is 11.9. The third-order valence-corrected chi connectivity index (χ3v) is 3.16. The zero-order chi connectivity index (χ0) is 14.4. The molecule has 1 heterocycles. The maximum atomic E-state index is 11.8. The van der Waals surface area contributed by atoms with Gasteiger partial charge < -0.3 is 5.32 Å². The summed E-state index contributed by atoms with van der Waals surface area (Å²) in [4.78, 5) is 11.8. The van der Waals surface area contributed by atoms with E-state index in [1.165, 1.54) is 5.56 Å². The highest BCUT2D eigenvalue weighted by atomic mass is 35.5. The number of aromatic nitrogens is 4. The highest BCUT2D eigenvalue weighted by Gasteiger charge is 2.12. The first kappa shape index (κ1) is 14.5. The Morgan fingerprint density at radius 2 is 2.15 bits per heavy atom. The van der Waals surface area contributed by atoms with Crippen LogP contribution in [0, 0.1) is 0 Å². The first-order valence-corrected chi connectivity index (χ1v) is 6.80. The highest BCUT2D eigenvalue weighted by Crippen LogP contribution is 2.12. The van der Waals surface area contributed by atoms with E-state index in [4.69, 9.17) is 11.6 Å². The van der Waals surface area contributed by atoms with E-state index in [0.717, 1.165) is 17.9 Å². The smallest absolute Gasteiger partial charge is 0.220 e. The van der Waals surface area contributed by atoms with Gasteiger partial charge in [-0.25, -0.2) is 0 Å². The second kappa shape index (κ2) is 7.00. The van der Waals surface area contributed by atoms with Crippen molar-refractivity contribution in [3.63, 3.8) is 0 Å². The lowest BCUT2D eigenvalue weighted by atomic mass is 10.1. The van der Waals surface area contributed by atoms with Crippen LogP contribution in [0.3, 0.4) is 0 Å². The van der Waals surface area contributed by atoms with E-state index < -0.39 is 0 Å². The number of aromatic amines is 1. The Hall–Kier alpha value is -1.95. The van der Waals surface area contributed by atoms with Crippen LogP contribution in [0.4, 0.5) is 0 Å². The van der Waals surface area contributed by atoms with Gasteiger partial charge in [-0.2, -0.15) is 5.21 Å². The van der Waals surface area contributed by atoms with Crippen LogP contribution < -0.4 is 5.32 Å². The van der Waals surface area contributed by atoms with Gasteiger partial charge in [0, 0.05) is 11.4 Å². The molecular formula is C13H16ClN5O. The summed E-state index contributed by atoms with van der Waals surface area (Å²) < 4.78 is 0. The van der Waals surface area contributed by atoms with Crippen molar-refractivity contribution in [2.75, 3.05) is 0 Å². The maximum Gasteiger partial charge on any atom is 0.220 e. The minimum atomic E-state index is -0.239. The lowest BCUT2D eigenvalue weighted by Crippen LogP contribution is -2.27. The number of benzene rings is 1. The number of halogens is 1. The molecular weight excluding hydrogens is 278 g/mol. The molecule has 106 valence electrons. The second-order valence-electron chi connectivity index (χ2n) is 4.54. The minimum absolute atomic E-state index is 0.0173. The van der Waals surface area contributed by atoms with Crippen molar-refractivity contribution in [3.8, 4) is 0 Å². The molecule has 0 saturated carbocycles. The molecule has 1 amide bonds. The molecule has 20 heavy (non-hydrogen) atoms. The minimum Gasteiger partial charge on any atom is -0.346 e. The van der Waals surface area contributed by atoms with E-state index in [1.54, 1.807) is 0 Å². The number of carbonyl (C=O) groups is 1. The Kier molecular flexibility index (Phi) is 5.06. The summed E-state index contributed by atoms with van der Waals surface area (Å²) in [5, 5.41) is 17.0. The number of rotatable bonds is 6. The van der Waals surface area contributed by atoms with E-state index >= 15 is 0 Å². The zero-order valence-electron chi connectivity index (χ0n) is 11.1. The summed E-state index contributed by atoms with van der Waals surface area (Å²) in [5.74, 6) is 0.465. The van der Waals surface area contributed by atoms with Crippen LogP contribution in [0.2, 0.25) is 5.02 Å². The molecule has 2 aromatic rings. The number of hydrogen-bond donors (Lipinski definition) is 2. The van der Waals surface area contributed by atoms with Gasteiger partial charge in [-0.15, -0.1) is 10.2 Å². The predicted octanol–water partition coefficient (Wildman–Crippen LogP) is 2.05. The Balaban J connectivity index is 1.71. The summed E-state index contributed by atoms with van der Waals surface area (Å²) in [7, 11) is 0. The third kappa shape index (κ3) is 4.31. The Morgan fingerprint density at radius 3 is 2.80 bits per heavy atom. The average molecular weight is 294 g/mol. The predicted molar refractivity (Wildman–Crippen MR) is 75.1 cm³/mol. The summed E-state index contributed by atoms with van der Waals surface area (Å²) in [6, 6.07) is 7.42. The molecule has 0 aliphatic rings. The maximum absolute atomic E-state index is 11.8. The van der Waals surface area contributed by atoms with Crippen molar-refractivity contribution in [1.29, 1.82) is 0 Å². The SMILES string of the molecule is C[C@@H](NC(=O)CCCc1ccc(Cl)cc1)c1nn[nH]n1. The molecule has 2 rings (SSSR count). The number of nitrogens with one attached hydrogen (secondary N) is 2. The topological polar surface area (TPSA) is 83.6 Å². The van der Waals surface area contributed by atoms with Gasteiger partial charge in [0.05, 0.1) is 6.04 Å². The number of amides is 1. The summed E-state index contributed by atoms with van der Waals surface area (Å²) in [6.45, 7) is 1.82. The van der Waals surface area contributed by atoms with Crippen molar-refractivity contribution < 1.29 is 4.79 Å². The van der Waals surface area contributed by atoms with Crippen molar-refractivity contribution in [1.82, 2.24) is 25.9 Å². The third-order valence-electron chi connectivity index (χ3n) is 2.91. The molecule has 1 atom stereocenters. The molecule has 7 heteroatoms. The Labute approximate surface area is 121 Å². The summed E-state index contributed by atoms with van der Waals surface area (Å²) in [6.07, 6.45) is 2.10. The molecule has 0 saturated heterocycles. The number of H-pyrrole nitrogens is 1. The fraction of sp³-hybridized carbons (Fsp3) is 0.385. The van der Waals surface area contributed by atoms with Gasteiger partial charge in [0.15, 0.2) is 5.82 Å². The van der Waals surface area contributed by atoms with Crippen molar-refractivity contribution in [3.05, 3.63) is 40.7 Å². The van der Waals surface area contributed by atoms with Gasteiger partial charge in [-0.3, -0.25) is 4.79 Å².